The van der Waals surface area contributed by atoms with E-state index in [9.17, 15) is 18.8 Å². The fourth-order valence-corrected chi connectivity index (χ4v) is 3.38. The summed E-state index contributed by atoms with van der Waals surface area (Å²) in [6.45, 7) is 7.33. The second-order valence-electron chi connectivity index (χ2n) is 7.43. The summed E-state index contributed by atoms with van der Waals surface area (Å²) >= 11 is 1.79. The fraction of sp³-hybridized carbons (Fsp3) is 0.450. The van der Waals surface area contributed by atoms with E-state index in [1.807, 2.05) is 20.8 Å². The molecule has 7 nitrogen and oxygen atoms in total. The van der Waals surface area contributed by atoms with Gasteiger partial charge in [-0.15, -0.1) is 0 Å². The number of halogens is 2. The lowest BCUT2D eigenvalue weighted by molar-refractivity contribution is 0.0434. The predicted molar refractivity (Wildman–Crippen MR) is 114 cm³/mol. The maximum Gasteiger partial charge on any atom is 0.508 e. The van der Waals surface area contributed by atoms with E-state index in [-0.39, 0.29) is 33.3 Å². The molecule has 0 aliphatic heterocycles. The molecule has 1 heterocycles. The summed E-state index contributed by atoms with van der Waals surface area (Å²) in [5.41, 5.74) is -0.917. The molecule has 0 radical (unpaired) electrons. The monoisotopic (exact) mass is 519 g/mol. The van der Waals surface area contributed by atoms with Gasteiger partial charge in [-0.25, -0.2) is 14.0 Å². The van der Waals surface area contributed by atoms with Gasteiger partial charge in [0, 0.05) is 15.2 Å². The van der Waals surface area contributed by atoms with E-state index >= 15 is 0 Å². The molecule has 0 spiro atoms. The number of esters is 1. The second kappa shape index (κ2) is 9.10. The molecule has 1 aromatic heterocycles. The van der Waals surface area contributed by atoms with E-state index in [0.29, 0.717) is 0 Å². The van der Waals surface area contributed by atoms with Gasteiger partial charge in [0.1, 0.15) is 18.0 Å². The van der Waals surface area contributed by atoms with Crippen molar-refractivity contribution >= 4 is 45.6 Å². The third-order valence-electron chi connectivity index (χ3n) is 4.43. The smallest absolute Gasteiger partial charge is 0.462 e. The molecule has 1 aromatic carbocycles. The lowest BCUT2D eigenvalue weighted by Gasteiger charge is -2.33. The molecular weight excluding hydrogens is 496 g/mol. The van der Waals surface area contributed by atoms with Crippen molar-refractivity contribution in [1.82, 2.24) is 4.57 Å². The van der Waals surface area contributed by atoms with Gasteiger partial charge < -0.3 is 18.8 Å². The number of hydrogen-bond donors (Lipinski definition) is 0. The van der Waals surface area contributed by atoms with Crippen molar-refractivity contribution in [2.75, 3.05) is 20.3 Å². The van der Waals surface area contributed by atoms with Gasteiger partial charge in [-0.05, 0) is 47.1 Å². The molecule has 9 heteroatoms. The number of pyridine rings is 1. The SMILES string of the molecule is CCOC(=O)c1cn([C@H](COC(=O)OC)C(C)(C)C)c2cc(F)c(I)cc2c1=O. The predicted octanol–water partition coefficient (Wildman–Crippen LogP) is 4.29. The topological polar surface area (TPSA) is 83.8 Å². The van der Waals surface area contributed by atoms with E-state index in [4.69, 9.17) is 9.47 Å². The summed E-state index contributed by atoms with van der Waals surface area (Å²) < 4.78 is 30.9. The number of carbonyl (C=O) groups excluding carboxylic acids is 2. The van der Waals surface area contributed by atoms with Gasteiger partial charge in [0.2, 0.25) is 5.43 Å². The quantitative estimate of drug-likeness (QED) is 0.433. The van der Waals surface area contributed by atoms with Gasteiger partial charge in [0.25, 0.3) is 0 Å². The highest BCUT2D eigenvalue weighted by atomic mass is 127. The Morgan fingerprint density at radius 3 is 2.45 bits per heavy atom. The molecule has 0 fully saturated rings. The number of methoxy groups -OCH3 is 1. The molecule has 0 aliphatic rings. The third kappa shape index (κ3) is 5.06. The van der Waals surface area contributed by atoms with Gasteiger partial charge in [0.05, 0.1) is 25.3 Å². The summed E-state index contributed by atoms with van der Waals surface area (Å²) in [5.74, 6) is -1.27. The lowest BCUT2D eigenvalue weighted by atomic mass is 9.86. The average Bonchev–Trinajstić information content (AvgIpc) is 2.64. The molecule has 0 amide bonds. The average molecular weight is 519 g/mol. The highest BCUT2D eigenvalue weighted by Crippen LogP contribution is 2.34. The van der Waals surface area contributed by atoms with E-state index in [2.05, 4.69) is 4.74 Å². The molecule has 0 bridgehead atoms. The minimum absolute atomic E-state index is 0.103. The van der Waals surface area contributed by atoms with Crippen molar-refractivity contribution in [1.29, 1.82) is 0 Å². The summed E-state index contributed by atoms with van der Waals surface area (Å²) in [6, 6.07) is 2.11. The minimum atomic E-state index is -0.865. The van der Waals surface area contributed by atoms with Gasteiger partial charge in [-0.2, -0.15) is 0 Å². The van der Waals surface area contributed by atoms with Crippen LogP contribution in [0.4, 0.5) is 9.18 Å². The van der Waals surface area contributed by atoms with Crippen LogP contribution in [0.5, 0.6) is 0 Å². The van der Waals surface area contributed by atoms with E-state index < -0.39 is 34.8 Å². The fourth-order valence-electron chi connectivity index (χ4n) is 2.91. The first-order valence-corrected chi connectivity index (χ1v) is 10.0. The molecule has 0 unspecified atom stereocenters. The van der Waals surface area contributed by atoms with E-state index in [0.717, 1.165) is 0 Å². The molecule has 0 aliphatic carbocycles. The van der Waals surface area contributed by atoms with Crippen molar-refractivity contribution in [2.24, 2.45) is 5.41 Å². The van der Waals surface area contributed by atoms with Crippen LogP contribution in [0.1, 0.15) is 44.1 Å². The van der Waals surface area contributed by atoms with Gasteiger partial charge in [-0.3, -0.25) is 4.79 Å². The summed E-state index contributed by atoms with van der Waals surface area (Å²) in [7, 11) is 1.19. The molecular formula is C20H23FINO6. The Morgan fingerprint density at radius 1 is 1.24 bits per heavy atom. The largest absolute Gasteiger partial charge is 0.508 e. The Bertz CT molecular complexity index is 995. The number of benzene rings is 1. The van der Waals surface area contributed by atoms with Crippen LogP contribution < -0.4 is 5.43 Å². The Balaban J connectivity index is 2.81. The van der Waals surface area contributed by atoms with E-state index in [1.54, 1.807) is 34.1 Å². The number of carbonyl (C=O) groups is 2. The maximum absolute atomic E-state index is 14.3. The summed E-state index contributed by atoms with van der Waals surface area (Å²) in [6.07, 6.45) is 0.474. The number of hydrogen-bond acceptors (Lipinski definition) is 6. The number of nitrogens with zero attached hydrogens (tertiary/aromatic N) is 1. The van der Waals surface area contributed by atoms with Crippen LogP contribution in [0.15, 0.2) is 23.1 Å². The van der Waals surface area contributed by atoms with Gasteiger partial charge in [-0.1, -0.05) is 20.8 Å². The zero-order valence-electron chi connectivity index (χ0n) is 16.9. The Morgan fingerprint density at radius 2 is 1.90 bits per heavy atom. The first-order valence-electron chi connectivity index (χ1n) is 8.93. The van der Waals surface area contributed by atoms with Crippen LogP contribution >= 0.6 is 22.6 Å². The van der Waals surface area contributed by atoms with Crippen molar-refractivity contribution in [3.8, 4) is 0 Å². The summed E-state index contributed by atoms with van der Waals surface area (Å²) in [4.78, 5) is 36.8. The minimum Gasteiger partial charge on any atom is -0.462 e. The van der Waals surface area contributed by atoms with Crippen molar-refractivity contribution in [3.05, 3.63) is 43.5 Å². The number of ether oxygens (including phenoxy) is 3. The Labute approximate surface area is 181 Å². The highest BCUT2D eigenvalue weighted by Gasteiger charge is 2.30. The molecule has 1 atom stereocenters. The van der Waals surface area contributed by atoms with Gasteiger partial charge in [0.15, 0.2) is 0 Å². The molecule has 2 aromatic rings. The highest BCUT2D eigenvalue weighted by molar-refractivity contribution is 14.1. The van der Waals surface area contributed by atoms with Crippen molar-refractivity contribution < 1.29 is 28.2 Å². The Kier molecular flexibility index (Phi) is 7.25. The molecule has 158 valence electrons. The van der Waals surface area contributed by atoms with Gasteiger partial charge >= 0.3 is 12.1 Å². The van der Waals surface area contributed by atoms with Crippen molar-refractivity contribution in [2.45, 2.75) is 33.7 Å². The Hall–Kier alpha value is -2.17. The van der Waals surface area contributed by atoms with Crippen molar-refractivity contribution in [3.63, 3.8) is 0 Å². The molecule has 0 saturated heterocycles. The first kappa shape index (κ1) is 23.1. The zero-order valence-corrected chi connectivity index (χ0v) is 19.0. The zero-order chi connectivity index (χ0) is 21.9. The molecule has 2 rings (SSSR count). The second-order valence-corrected chi connectivity index (χ2v) is 8.59. The number of rotatable bonds is 5. The van der Waals surface area contributed by atoms with Crippen LogP contribution in [-0.4, -0.2) is 37.0 Å². The van der Waals surface area contributed by atoms with Crippen LogP contribution in [0.2, 0.25) is 0 Å². The number of fused-ring (bicyclic) bond motifs is 1. The normalized spacial score (nSPS) is 12.5. The van der Waals surface area contributed by atoms with Crippen LogP contribution in [0, 0.1) is 14.8 Å². The van der Waals surface area contributed by atoms with Crippen LogP contribution in [0.3, 0.4) is 0 Å². The van der Waals surface area contributed by atoms with E-state index in [1.165, 1.54) is 25.4 Å². The number of aromatic nitrogens is 1. The lowest BCUT2D eigenvalue weighted by Crippen LogP contribution is -2.32. The maximum atomic E-state index is 14.3. The molecule has 0 saturated carbocycles. The first-order chi connectivity index (χ1) is 13.5. The molecule has 0 N–H and O–H groups in total. The summed E-state index contributed by atoms with van der Waals surface area (Å²) in [5, 5.41) is 0.175. The third-order valence-corrected chi connectivity index (χ3v) is 5.26. The van der Waals surface area contributed by atoms with Crippen LogP contribution in [0.25, 0.3) is 10.9 Å². The molecule has 29 heavy (non-hydrogen) atoms. The standard InChI is InChI=1S/C20H23FINO6/c1-6-28-18(25)12-9-23(16(20(2,3)4)10-29-19(26)27-5)15-8-13(21)14(22)7-11(15)17(12)24/h7-9,16H,6,10H2,1-5H3/t16-/m1/s1. The van der Waals surface area contributed by atoms with Crippen LogP contribution in [-0.2, 0) is 14.2 Å².